The molecule has 0 aliphatic rings. The maximum atomic E-state index is 13.2. The summed E-state index contributed by atoms with van der Waals surface area (Å²) in [7, 11) is 0. The minimum absolute atomic E-state index is 0.115. The van der Waals surface area contributed by atoms with Crippen molar-refractivity contribution in [2.75, 3.05) is 12.0 Å². The largest absolute Gasteiger partial charge is 0.507 e. The quantitative estimate of drug-likeness (QED) is 0.0573. The molecule has 0 fully saturated rings. The number of ether oxygens (including phenoxy) is 1. The van der Waals surface area contributed by atoms with E-state index < -0.39 is 22.9 Å². The molecular formula is C33H26N2O7S. The van der Waals surface area contributed by atoms with Gasteiger partial charge in [-0.3, -0.25) is 15.1 Å². The molecule has 0 aliphatic carbocycles. The Labute approximate surface area is 250 Å². The maximum absolute atomic E-state index is 13.2. The van der Waals surface area contributed by atoms with Gasteiger partial charge in [-0.15, -0.1) is 0 Å². The molecule has 0 aromatic heterocycles. The molecule has 5 rings (SSSR count). The molecule has 0 bridgehead atoms. The number of non-ortho nitro benzene ring substituents is 1. The molecule has 2 N–H and O–H groups in total. The third-order valence-corrected chi connectivity index (χ3v) is 7.63. The number of phenolic OH excluding ortho intramolecular Hbond substituents is 1. The third-order valence-electron chi connectivity index (χ3n) is 6.98. The smallest absolute Gasteiger partial charge is 0.343 e. The summed E-state index contributed by atoms with van der Waals surface area (Å²) < 4.78 is 5.88. The van der Waals surface area contributed by atoms with Crippen LogP contribution in [0.4, 0.5) is 5.69 Å². The van der Waals surface area contributed by atoms with Crippen LogP contribution in [0.25, 0.3) is 32.7 Å². The van der Waals surface area contributed by atoms with E-state index >= 15 is 0 Å². The molecule has 5 aromatic carbocycles. The van der Waals surface area contributed by atoms with Gasteiger partial charge < -0.3 is 14.9 Å². The predicted octanol–water partition coefficient (Wildman–Crippen LogP) is 7.12. The summed E-state index contributed by atoms with van der Waals surface area (Å²) in [5.41, 5.74) is 1.11. The van der Waals surface area contributed by atoms with Gasteiger partial charge in [0.25, 0.3) is 5.69 Å². The Kier molecular flexibility index (Phi) is 8.68. The summed E-state index contributed by atoms with van der Waals surface area (Å²) in [4.78, 5) is 39.8. The average Bonchev–Trinajstić information content (AvgIpc) is 3.01. The Balaban J connectivity index is 1.69. The van der Waals surface area contributed by atoms with Crippen LogP contribution in [-0.2, 0) is 4.79 Å². The summed E-state index contributed by atoms with van der Waals surface area (Å²) in [6.07, 6.45) is 3.60. The van der Waals surface area contributed by atoms with Crippen molar-refractivity contribution in [3.8, 4) is 22.6 Å². The number of nitrogens with zero attached hydrogens (tertiary/aromatic N) is 2. The number of aromatic hydroxyl groups is 1. The number of carbonyl (C=O) groups is 2. The average molecular weight is 595 g/mol. The maximum Gasteiger partial charge on any atom is 0.343 e. The zero-order valence-corrected chi connectivity index (χ0v) is 23.8. The number of nitro groups is 1. The first-order valence-corrected chi connectivity index (χ1v) is 14.7. The standard InChI is InChI=1S/C33H26N2O7S/c1-43-17-16-27(32(37)38)34-19-23-18-22-7-3-5-9-26(22)30(31(23)36)29-25-8-4-2-6-20(25)12-15-28(29)42-33(39)21-10-13-24(14-11-21)35(40)41/h2-15,18-19,27,36H,16-17H2,1H3,(H,37,38)/t27-/m1/s1. The normalized spacial score (nSPS) is 12.0. The Bertz CT molecular complexity index is 1890. The van der Waals surface area contributed by atoms with E-state index in [-0.39, 0.29) is 22.7 Å². The zero-order chi connectivity index (χ0) is 30.5. The second-order valence-corrected chi connectivity index (χ2v) is 10.7. The van der Waals surface area contributed by atoms with Gasteiger partial charge in [-0.1, -0.05) is 54.6 Å². The second-order valence-electron chi connectivity index (χ2n) is 9.68. The molecule has 0 spiro atoms. The summed E-state index contributed by atoms with van der Waals surface area (Å²) in [6.45, 7) is 0. The number of hydrogen-bond donors (Lipinski definition) is 2. The van der Waals surface area contributed by atoms with E-state index in [4.69, 9.17) is 4.74 Å². The zero-order valence-electron chi connectivity index (χ0n) is 23.0. The highest BCUT2D eigenvalue weighted by Gasteiger charge is 2.23. The number of carboxylic acid groups (broad SMARTS) is 1. The molecule has 1 atom stereocenters. The van der Waals surface area contributed by atoms with Crippen molar-refractivity contribution in [1.82, 2.24) is 0 Å². The minimum atomic E-state index is -1.06. The van der Waals surface area contributed by atoms with Crippen molar-refractivity contribution in [3.05, 3.63) is 112 Å². The summed E-state index contributed by atoms with van der Waals surface area (Å²) in [5.74, 6) is -1.16. The first-order valence-electron chi connectivity index (χ1n) is 13.3. The van der Waals surface area contributed by atoms with Crippen molar-refractivity contribution in [3.63, 3.8) is 0 Å². The number of fused-ring (bicyclic) bond motifs is 2. The van der Waals surface area contributed by atoms with Crippen LogP contribution in [0, 0.1) is 10.1 Å². The number of carboxylic acids is 1. The molecule has 0 aliphatic heterocycles. The van der Waals surface area contributed by atoms with Crippen LogP contribution in [0.2, 0.25) is 0 Å². The molecule has 216 valence electrons. The first-order chi connectivity index (χ1) is 20.8. The van der Waals surface area contributed by atoms with Gasteiger partial charge in [0.15, 0.2) is 0 Å². The molecule has 10 heteroatoms. The van der Waals surface area contributed by atoms with Crippen LogP contribution in [0.15, 0.2) is 96.0 Å². The number of benzene rings is 5. The molecule has 0 saturated carbocycles. The van der Waals surface area contributed by atoms with Gasteiger partial charge in [-0.2, -0.15) is 11.8 Å². The molecule has 0 radical (unpaired) electrons. The highest BCUT2D eigenvalue weighted by molar-refractivity contribution is 7.98. The van der Waals surface area contributed by atoms with Crippen molar-refractivity contribution in [2.24, 2.45) is 4.99 Å². The van der Waals surface area contributed by atoms with Crippen LogP contribution < -0.4 is 4.74 Å². The van der Waals surface area contributed by atoms with Crippen LogP contribution in [0.1, 0.15) is 22.3 Å². The molecule has 5 aromatic rings. The number of aliphatic imine (C=N–C) groups is 1. The lowest BCUT2D eigenvalue weighted by Gasteiger charge is -2.18. The fraction of sp³-hybridized carbons (Fsp3) is 0.121. The molecular weight excluding hydrogens is 568 g/mol. The van der Waals surface area contributed by atoms with Crippen molar-refractivity contribution >= 4 is 57.1 Å². The monoisotopic (exact) mass is 594 g/mol. The summed E-state index contributed by atoms with van der Waals surface area (Å²) in [6, 6.07) is 24.1. The number of esters is 1. The number of aliphatic carboxylic acids is 1. The van der Waals surface area contributed by atoms with Gasteiger partial charge in [0.1, 0.15) is 17.5 Å². The van der Waals surface area contributed by atoms with E-state index in [9.17, 15) is 29.9 Å². The fourth-order valence-electron chi connectivity index (χ4n) is 4.84. The van der Waals surface area contributed by atoms with E-state index in [1.165, 1.54) is 42.2 Å². The van der Waals surface area contributed by atoms with Crippen LogP contribution in [-0.4, -0.2) is 51.3 Å². The molecule has 9 nitrogen and oxygen atoms in total. The Hall–Kier alpha value is -5.22. The highest BCUT2D eigenvalue weighted by Crippen LogP contribution is 2.46. The number of carbonyl (C=O) groups excluding carboxylic acids is 1. The molecule has 0 saturated heterocycles. The third kappa shape index (κ3) is 6.19. The van der Waals surface area contributed by atoms with E-state index in [0.717, 1.165) is 10.8 Å². The van der Waals surface area contributed by atoms with Gasteiger partial charge in [-0.05, 0) is 64.2 Å². The minimum Gasteiger partial charge on any atom is -0.507 e. The Morgan fingerprint density at radius 3 is 2.26 bits per heavy atom. The SMILES string of the molecule is CSCC[C@@H](N=Cc1cc2ccccc2c(-c2c(OC(=O)c3ccc([N+](=O)[O-])cc3)ccc3ccccc23)c1O)C(=O)O. The van der Waals surface area contributed by atoms with Crippen LogP contribution in [0.5, 0.6) is 11.5 Å². The second kappa shape index (κ2) is 12.7. The molecule has 43 heavy (non-hydrogen) atoms. The van der Waals surface area contributed by atoms with Gasteiger partial charge in [0.05, 0.1) is 10.5 Å². The van der Waals surface area contributed by atoms with Gasteiger partial charge in [0, 0.05) is 35.0 Å². The lowest BCUT2D eigenvalue weighted by molar-refractivity contribution is -0.384. The van der Waals surface area contributed by atoms with Crippen LogP contribution in [0.3, 0.4) is 0 Å². The lowest BCUT2D eigenvalue weighted by Crippen LogP contribution is -2.18. The number of nitro benzene ring substituents is 1. The predicted molar refractivity (Wildman–Crippen MR) is 169 cm³/mol. The number of phenols is 1. The van der Waals surface area contributed by atoms with Gasteiger partial charge >= 0.3 is 11.9 Å². The van der Waals surface area contributed by atoms with E-state index in [0.29, 0.717) is 39.6 Å². The Morgan fingerprint density at radius 1 is 0.953 bits per heavy atom. The van der Waals surface area contributed by atoms with Gasteiger partial charge in [-0.25, -0.2) is 9.59 Å². The molecule has 0 unspecified atom stereocenters. The highest BCUT2D eigenvalue weighted by atomic mass is 32.2. The van der Waals surface area contributed by atoms with Crippen molar-refractivity contribution in [1.29, 1.82) is 0 Å². The van der Waals surface area contributed by atoms with E-state index in [2.05, 4.69) is 4.99 Å². The van der Waals surface area contributed by atoms with Gasteiger partial charge in [0.2, 0.25) is 0 Å². The number of hydrogen-bond acceptors (Lipinski definition) is 8. The van der Waals surface area contributed by atoms with Crippen molar-refractivity contribution in [2.45, 2.75) is 12.5 Å². The number of thioether (sulfide) groups is 1. The van der Waals surface area contributed by atoms with Crippen LogP contribution >= 0.6 is 11.8 Å². The summed E-state index contributed by atoms with van der Waals surface area (Å²) >= 11 is 1.52. The van der Waals surface area contributed by atoms with E-state index in [1.807, 2.05) is 54.8 Å². The van der Waals surface area contributed by atoms with Crippen molar-refractivity contribution < 1.29 is 29.5 Å². The number of rotatable bonds is 10. The molecule has 0 amide bonds. The Morgan fingerprint density at radius 2 is 1.60 bits per heavy atom. The first kappa shape index (κ1) is 29.3. The summed E-state index contributed by atoms with van der Waals surface area (Å²) in [5, 5.41) is 35.4. The fourth-order valence-corrected chi connectivity index (χ4v) is 5.30. The lowest BCUT2D eigenvalue weighted by atomic mass is 9.90. The molecule has 0 heterocycles. The topological polar surface area (TPSA) is 139 Å². The van der Waals surface area contributed by atoms with E-state index in [1.54, 1.807) is 18.2 Å².